The number of nitrogens with two attached hydrogens (primary N) is 3. The van der Waals surface area contributed by atoms with Crippen LogP contribution in [-0.4, -0.2) is 43.3 Å². The van der Waals surface area contributed by atoms with E-state index in [1.807, 2.05) is 74.4 Å². The molecular weight excluding hydrogens is 634 g/mol. The van der Waals surface area contributed by atoms with Crippen molar-refractivity contribution in [2.45, 2.75) is 112 Å². The molecule has 1 amide bonds. The lowest BCUT2D eigenvalue weighted by atomic mass is 9.82. The van der Waals surface area contributed by atoms with Crippen molar-refractivity contribution in [1.29, 1.82) is 5.41 Å². The van der Waals surface area contributed by atoms with E-state index in [1.54, 1.807) is 12.3 Å². The Hall–Kier alpha value is -4.18. The number of benzene rings is 2. The number of hydrogen-bond donors (Lipinski definition) is 4. The van der Waals surface area contributed by atoms with Crippen LogP contribution in [0.3, 0.4) is 0 Å². The molecule has 0 saturated heterocycles. The molecular formula is C40H60F2N6O2. The van der Waals surface area contributed by atoms with Gasteiger partial charge in [0.1, 0.15) is 23.9 Å². The Morgan fingerprint density at radius 2 is 1.66 bits per heavy atom. The van der Waals surface area contributed by atoms with E-state index in [9.17, 15) is 4.39 Å². The summed E-state index contributed by atoms with van der Waals surface area (Å²) in [6.45, 7) is 18.1. The summed E-state index contributed by atoms with van der Waals surface area (Å²) in [5, 5.41) is 8.13. The van der Waals surface area contributed by atoms with E-state index >= 15 is 4.39 Å². The van der Waals surface area contributed by atoms with Gasteiger partial charge in [0.15, 0.2) is 5.79 Å². The highest BCUT2D eigenvalue weighted by atomic mass is 19.1. The average Bonchev–Trinajstić information content (AvgIpc) is 4.08. The number of hydrogen-bond acceptors (Lipinski definition) is 7. The van der Waals surface area contributed by atoms with E-state index in [0.29, 0.717) is 48.1 Å². The average molecular weight is 695 g/mol. The van der Waals surface area contributed by atoms with Crippen molar-refractivity contribution in [1.82, 2.24) is 4.98 Å². The molecule has 2 heterocycles. The van der Waals surface area contributed by atoms with Gasteiger partial charge in [0.25, 0.3) is 0 Å². The monoisotopic (exact) mass is 694 g/mol. The van der Waals surface area contributed by atoms with Crippen molar-refractivity contribution >= 4 is 24.5 Å². The molecule has 3 aromatic rings. The number of aromatic nitrogens is 1. The van der Waals surface area contributed by atoms with Crippen molar-refractivity contribution in [3.05, 3.63) is 75.7 Å². The lowest BCUT2D eigenvalue weighted by Crippen LogP contribution is -2.25. The predicted molar refractivity (Wildman–Crippen MR) is 206 cm³/mol. The molecule has 10 heteroatoms. The number of carbonyl (C=O) groups excluding carboxylic acids is 1. The van der Waals surface area contributed by atoms with Gasteiger partial charge >= 0.3 is 0 Å². The van der Waals surface area contributed by atoms with Gasteiger partial charge in [0, 0.05) is 59.3 Å². The minimum Gasteiger partial charge on any atom is -0.490 e. The van der Waals surface area contributed by atoms with Gasteiger partial charge in [-0.3, -0.25) is 9.79 Å². The molecule has 1 aliphatic heterocycles. The second-order valence-corrected chi connectivity index (χ2v) is 12.0. The summed E-state index contributed by atoms with van der Waals surface area (Å²) in [6, 6.07) is 11.3. The summed E-state index contributed by atoms with van der Waals surface area (Å²) in [4.78, 5) is 17.8. The van der Waals surface area contributed by atoms with E-state index in [0.717, 1.165) is 52.8 Å². The summed E-state index contributed by atoms with van der Waals surface area (Å²) in [5.74, 6) is -0.662. The quantitative estimate of drug-likeness (QED) is 0.0804. The largest absolute Gasteiger partial charge is 0.490 e. The van der Waals surface area contributed by atoms with E-state index < -0.39 is 11.2 Å². The standard InChI is InChI=1S/C32H34F2N4O.3C2H6.CH3NO.CH5N/c1-18-4-7-23(26(33)10-18)29-30-25(31(3,16-35)17-39-30)14-27(38-29)24(21-5-6-21)13-20-11-19(2)28(36)22(12-20)15-37-32(34)8-9-32;3*1-2;2-1-3;1-2/h4,7,10-12,14-16,21,24,35H,5-6,8-9,13,17,36H2,1-3H3;3*1-2H3;1H,(H2,2,3);2H2,1H3/b35-16?,37-15+;;;;;. The fourth-order valence-electron chi connectivity index (χ4n) is 5.54. The first-order valence-electron chi connectivity index (χ1n) is 17.8. The number of aryl methyl sites for hydroxylation is 2. The van der Waals surface area contributed by atoms with Gasteiger partial charge in [-0.1, -0.05) is 53.7 Å². The maximum atomic E-state index is 15.2. The fraction of sp³-hybridized carbons (Fsp3) is 0.500. The van der Waals surface area contributed by atoms with Crippen LogP contribution in [0.2, 0.25) is 0 Å². The Bertz CT molecular complexity index is 1570. The molecule has 0 radical (unpaired) electrons. The van der Waals surface area contributed by atoms with Crippen molar-refractivity contribution in [3.8, 4) is 17.0 Å². The Morgan fingerprint density at radius 1 is 1.06 bits per heavy atom. The van der Waals surface area contributed by atoms with Gasteiger partial charge in [-0.15, -0.1) is 0 Å². The topological polar surface area (TPSA) is 153 Å². The molecule has 6 rings (SSSR count). The van der Waals surface area contributed by atoms with Crippen molar-refractivity contribution in [2.75, 3.05) is 19.4 Å². The van der Waals surface area contributed by atoms with E-state index in [-0.39, 0.29) is 18.1 Å². The lowest BCUT2D eigenvalue weighted by molar-refractivity contribution is -0.106. The number of halogens is 2. The summed E-state index contributed by atoms with van der Waals surface area (Å²) in [6.07, 6.45) is 7.07. The Balaban J connectivity index is 0.00000103. The Morgan fingerprint density at radius 3 is 2.18 bits per heavy atom. The number of aliphatic imine (C=N–C) groups is 1. The second-order valence-electron chi connectivity index (χ2n) is 12.0. The smallest absolute Gasteiger partial charge is 0.204 e. The van der Waals surface area contributed by atoms with Crippen molar-refractivity contribution in [2.24, 2.45) is 22.4 Å². The summed E-state index contributed by atoms with van der Waals surface area (Å²) >= 11 is 0. The Labute approximate surface area is 298 Å². The first-order chi connectivity index (χ1) is 24.0. The van der Waals surface area contributed by atoms with Crippen LogP contribution in [0.4, 0.5) is 14.5 Å². The molecule has 7 N–H and O–H groups in total. The van der Waals surface area contributed by atoms with Gasteiger partial charge in [0.2, 0.25) is 6.41 Å². The van der Waals surface area contributed by atoms with Gasteiger partial charge in [0.05, 0.1) is 5.41 Å². The molecule has 2 aliphatic carbocycles. The second kappa shape index (κ2) is 20.5. The van der Waals surface area contributed by atoms with Crippen LogP contribution in [0.1, 0.15) is 114 Å². The molecule has 0 bridgehead atoms. The van der Waals surface area contributed by atoms with E-state index in [4.69, 9.17) is 25.7 Å². The van der Waals surface area contributed by atoms with Gasteiger partial charge in [-0.25, -0.2) is 13.8 Å². The van der Waals surface area contributed by atoms with Gasteiger partial charge < -0.3 is 27.3 Å². The molecule has 1 aromatic heterocycles. The van der Waals surface area contributed by atoms with Crippen LogP contribution in [0.5, 0.6) is 5.75 Å². The Kier molecular flexibility index (Phi) is 18.0. The van der Waals surface area contributed by atoms with Crippen molar-refractivity contribution < 1.29 is 18.3 Å². The van der Waals surface area contributed by atoms with E-state index in [1.165, 1.54) is 19.3 Å². The minimum atomic E-state index is -1.44. The van der Waals surface area contributed by atoms with Crippen LogP contribution >= 0.6 is 0 Å². The van der Waals surface area contributed by atoms with Crippen LogP contribution in [0.15, 0.2) is 41.4 Å². The summed E-state index contributed by atoms with van der Waals surface area (Å²) in [5.41, 5.74) is 21.3. The summed E-state index contributed by atoms with van der Waals surface area (Å²) < 4.78 is 35.5. The number of carbonyl (C=O) groups is 1. The van der Waals surface area contributed by atoms with Gasteiger partial charge in [-0.05, 0) is 94.0 Å². The number of fused-ring (bicyclic) bond motifs is 1. The zero-order valence-corrected chi connectivity index (χ0v) is 31.8. The first kappa shape index (κ1) is 43.8. The number of amides is 1. The predicted octanol–water partition coefficient (Wildman–Crippen LogP) is 8.76. The molecule has 3 aliphatic rings. The fourth-order valence-corrected chi connectivity index (χ4v) is 5.54. The highest BCUT2D eigenvalue weighted by Gasteiger charge is 2.43. The first-order valence-corrected chi connectivity index (χ1v) is 17.8. The third kappa shape index (κ3) is 10.9. The maximum Gasteiger partial charge on any atom is 0.204 e. The molecule has 50 heavy (non-hydrogen) atoms. The number of rotatable bonds is 8. The zero-order chi connectivity index (χ0) is 38.2. The molecule has 0 spiro atoms. The molecule has 8 nitrogen and oxygen atoms in total. The highest BCUT2D eigenvalue weighted by molar-refractivity contribution is 5.88. The zero-order valence-electron chi connectivity index (χ0n) is 31.8. The third-order valence-corrected chi connectivity index (χ3v) is 8.43. The number of ether oxygens (including phenoxy) is 1. The van der Waals surface area contributed by atoms with Crippen LogP contribution in [-0.2, 0) is 16.6 Å². The third-order valence-electron chi connectivity index (χ3n) is 8.43. The molecule has 2 fully saturated rings. The van der Waals surface area contributed by atoms with Crippen molar-refractivity contribution in [3.63, 3.8) is 0 Å². The van der Waals surface area contributed by atoms with Crippen LogP contribution in [0, 0.1) is 31.0 Å². The molecule has 2 unspecified atom stereocenters. The maximum absolute atomic E-state index is 15.2. The minimum absolute atomic E-state index is 0.0990. The number of anilines is 1. The SMILES string of the molecule is CC.CC.CC.CN.Cc1ccc(-c2nc(C(Cc3cc(C)c(N)c(/C=N/C4(F)CC4)c3)C3CC3)cc3c2OCC3(C)C=N)c(F)c1.NC=O. The number of nitrogen functional groups attached to an aromatic ring is 1. The lowest BCUT2D eigenvalue weighted by Gasteiger charge is -2.22. The highest BCUT2D eigenvalue weighted by Crippen LogP contribution is 2.49. The van der Waals surface area contributed by atoms with E-state index in [2.05, 4.69) is 28.6 Å². The molecule has 2 saturated carbocycles. The molecule has 2 atom stereocenters. The molecule has 276 valence electrons. The molecule has 2 aromatic carbocycles. The summed E-state index contributed by atoms with van der Waals surface area (Å²) in [7, 11) is 1.50. The number of pyridine rings is 1. The number of primary amides is 1. The normalized spacial score (nSPS) is 17.9. The number of alkyl halides is 1. The number of nitrogens with one attached hydrogen (secondary N) is 1. The van der Waals surface area contributed by atoms with Gasteiger partial charge in [-0.2, -0.15) is 0 Å². The van der Waals surface area contributed by atoms with Crippen LogP contribution in [0.25, 0.3) is 11.3 Å². The van der Waals surface area contributed by atoms with Crippen LogP contribution < -0.4 is 21.9 Å². The number of nitrogens with zero attached hydrogens (tertiary/aromatic N) is 2.